The van der Waals surface area contributed by atoms with Crippen LogP contribution >= 0.6 is 43.2 Å². The summed E-state index contributed by atoms with van der Waals surface area (Å²) in [6.07, 6.45) is 1.81. The van der Waals surface area contributed by atoms with Crippen molar-refractivity contribution in [1.29, 1.82) is 0 Å². The van der Waals surface area contributed by atoms with Gasteiger partial charge in [-0.15, -0.1) is 11.3 Å². The zero-order valence-corrected chi connectivity index (χ0v) is 14.4. The molecular formula is C12H15Br2N3S. The Morgan fingerprint density at radius 3 is 2.56 bits per heavy atom. The maximum absolute atomic E-state index is 6.38. The van der Waals surface area contributed by atoms with Crippen LogP contribution in [0.5, 0.6) is 0 Å². The second-order valence-electron chi connectivity index (χ2n) is 4.50. The summed E-state index contributed by atoms with van der Waals surface area (Å²) in [4.78, 5) is 1.14. The van der Waals surface area contributed by atoms with Gasteiger partial charge in [-0.1, -0.05) is 0 Å². The summed E-state index contributed by atoms with van der Waals surface area (Å²) in [5, 5.41) is 4.37. The van der Waals surface area contributed by atoms with Gasteiger partial charge in [0.2, 0.25) is 0 Å². The van der Waals surface area contributed by atoms with Crippen LogP contribution in [0.1, 0.15) is 42.1 Å². The van der Waals surface area contributed by atoms with E-state index in [1.165, 1.54) is 5.56 Å². The van der Waals surface area contributed by atoms with E-state index < -0.39 is 0 Å². The first-order valence-corrected chi connectivity index (χ1v) is 8.06. The molecule has 0 spiro atoms. The number of nitrogens with two attached hydrogens (primary N) is 1. The van der Waals surface area contributed by atoms with Crippen LogP contribution < -0.4 is 5.73 Å². The van der Waals surface area contributed by atoms with E-state index in [4.69, 9.17) is 5.73 Å². The van der Waals surface area contributed by atoms with Gasteiger partial charge in [0.25, 0.3) is 0 Å². The molecule has 0 saturated carbocycles. The normalized spacial score (nSPS) is 13.3. The summed E-state index contributed by atoms with van der Waals surface area (Å²) in [5.41, 5.74) is 8.63. The van der Waals surface area contributed by atoms with Gasteiger partial charge in [-0.05, 0) is 64.3 Å². The van der Waals surface area contributed by atoms with Crippen molar-refractivity contribution in [3.63, 3.8) is 0 Å². The van der Waals surface area contributed by atoms with E-state index in [9.17, 15) is 0 Å². The summed E-state index contributed by atoms with van der Waals surface area (Å²) in [5.74, 6) is 0. The molecule has 0 aliphatic heterocycles. The standard InChI is InChI=1S/C12H15Br2N3S/c1-6(2)17-11(8(13)5-16-17)10(15)9-4-7(3)12(14)18-9/h4-6,10H,15H2,1-3H3. The molecule has 2 aromatic rings. The maximum atomic E-state index is 6.38. The van der Waals surface area contributed by atoms with Crippen molar-refractivity contribution >= 4 is 43.2 Å². The Morgan fingerprint density at radius 1 is 1.39 bits per heavy atom. The SMILES string of the molecule is Cc1cc(C(N)c2c(Br)cnn2C(C)C)sc1Br. The molecule has 2 heterocycles. The number of rotatable bonds is 3. The predicted molar refractivity (Wildman–Crippen MR) is 83.1 cm³/mol. The van der Waals surface area contributed by atoms with Crippen molar-refractivity contribution in [1.82, 2.24) is 9.78 Å². The molecule has 18 heavy (non-hydrogen) atoms. The van der Waals surface area contributed by atoms with Gasteiger partial charge < -0.3 is 5.73 Å². The summed E-state index contributed by atoms with van der Waals surface area (Å²) in [6.45, 7) is 6.28. The topological polar surface area (TPSA) is 43.8 Å². The zero-order valence-electron chi connectivity index (χ0n) is 10.4. The number of aryl methyl sites for hydroxylation is 1. The predicted octanol–water partition coefficient (Wildman–Crippen LogP) is 4.41. The first-order chi connectivity index (χ1) is 8.41. The van der Waals surface area contributed by atoms with Gasteiger partial charge in [-0.3, -0.25) is 4.68 Å². The molecule has 0 fully saturated rings. The van der Waals surface area contributed by atoms with E-state index in [1.807, 2.05) is 10.9 Å². The van der Waals surface area contributed by atoms with Crippen LogP contribution in [0.15, 0.2) is 20.5 Å². The highest BCUT2D eigenvalue weighted by atomic mass is 79.9. The molecule has 3 nitrogen and oxygen atoms in total. The minimum Gasteiger partial charge on any atom is -0.318 e. The van der Waals surface area contributed by atoms with Crippen LogP contribution in [-0.4, -0.2) is 9.78 Å². The number of halogens is 2. The molecule has 2 N–H and O–H groups in total. The molecule has 0 aliphatic carbocycles. The van der Waals surface area contributed by atoms with Crippen LogP contribution in [0.25, 0.3) is 0 Å². The largest absolute Gasteiger partial charge is 0.318 e. The lowest BCUT2D eigenvalue weighted by Crippen LogP contribution is -2.18. The Balaban J connectivity index is 2.45. The Hall–Kier alpha value is -0.170. The smallest absolute Gasteiger partial charge is 0.0829 e. The second kappa shape index (κ2) is 5.45. The first kappa shape index (κ1) is 14.2. The first-order valence-electron chi connectivity index (χ1n) is 5.66. The van der Waals surface area contributed by atoms with Gasteiger partial charge in [-0.2, -0.15) is 5.10 Å². The van der Waals surface area contributed by atoms with Crippen LogP contribution in [0.3, 0.4) is 0 Å². The summed E-state index contributed by atoms with van der Waals surface area (Å²) < 4.78 is 4.07. The van der Waals surface area contributed by atoms with Gasteiger partial charge in [0, 0.05) is 10.9 Å². The lowest BCUT2D eigenvalue weighted by Gasteiger charge is -2.16. The highest BCUT2D eigenvalue weighted by molar-refractivity contribution is 9.11. The van der Waals surface area contributed by atoms with Crippen molar-refractivity contribution in [2.75, 3.05) is 0 Å². The number of thiophene rings is 1. The minimum atomic E-state index is -0.153. The van der Waals surface area contributed by atoms with Crippen molar-refractivity contribution in [3.05, 3.63) is 36.7 Å². The van der Waals surface area contributed by atoms with Crippen molar-refractivity contribution in [2.45, 2.75) is 32.9 Å². The third-order valence-corrected chi connectivity index (χ3v) is 5.58. The Bertz CT molecular complexity index is 540. The van der Waals surface area contributed by atoms with E-state index in [1.54, 1.807) is 11.3 Å². The Kier molecular flexibility index (Phi) is 4.31. The van der Waals surface area contributed by atoms with Crippen LogP contribution in [0, 0.1) is 6.92 Å². The van der Waals surface area contributed by atoms with Gasteiger partial charge in [-0.25, -0.2) is 0 Å². The number of hydrogen-bond donors (Lipinski definition) is 1. The highest BCUT2D eigenvalue weighted by Crippen LogP contribution is 2.36. The maximum Gasteiger partial charge on any atom is 0.0829 e. The molecule has 98 valence electrons. The second-order valence-corrected chi connectivity index (χ2v) is 7.76. The van der Waals surface area contributed by atoms with Crippen LogP contribution in [0.2, 0.25) is 0 Å². The monoisotopic (exact) mass is 391 g/mol. The number of aromatic nitrogens is 2. The fourth-order valence-electron chi connectivity index (χ4n) is 1.82. The summed E-state index contributed by atoms with van der Waals surface area (Å²) in [6, 6.07) is 2.27. The fraction of sp³-hybridized carbons (Fsp3) is 0.417. The van der Waals surface area contributed by atoms with Crippen molar-refractivity contribution < 1.29 is 0 Å². The minimum absolute atomic E-state index is 0.153. The van der Waals surface area contributed by atoms with Gasteiger partial charge in [0.15, 0.2) is 0 Å². The molecule has 0 amide bonds. The zero-order chi connectivity index (χ0) is 13.4. The van der Waals surface area contributed by atoms with E-state index in [0.29, 0.717) is 6.04 Å². The molecule has 0 aliphatic rings. The third kappa shape index (κ3) is 2.57. The molecule has 2 aromatic heterocycles. The number of nitrogens with zero attached hydrogens (tertiary/aromatic N) is 2. The average Bonchev–Trinajstić information content (AvgIpc) is 2.83. The number of hydrogen-bond acceptors (Lipinski definition) is 3. The van der Waals surface area contributed by atoms with E-state index in [0.717, 1.165) is 18.8 Å². The van der Waals surface area contributed by atoms with E-state index >= 15 is 0 Å². The summed E-state index contributed by atoms with van der Waals surface area (Å²) >= 11 is 8.76. The molecule has 0 saturated heterocycles. The average molecular weight is 393 g/mol. The summed E-state index contributed by atoms with van der Waals surface area (Å²) in [7, 11) is 0. The molecular weight excluding hydrogens is 378 g/mol. The van der Waals surface area contributed by atoms with E-state index in [-0.39, 0.29) is 6.04 Å². The van der Waals surface area contributed by atoms with Crippen LogP contribution in [0.4, 0.5) is 0 Å². The van der Waals surface area contributed by atoms with Gasteiger partial charge in [0.1, 0.15) is 0 Å². The molecule has 0 radical (unpaired) electrons. The van der Waals surface area contributed by atoms with Crippen molar-refractivity contribution in [2.24, 2.45) is 5.73 Å². The molecule has 0 bridgehead atoms. The molecule has 1 unspecified atom stereocenters. The van der Waals surface area contributed by atoms with Gasteiger partial charge >= 0.3 is 0 Å². The van der Waals surface area contributed by atoms with Crippen molar-refractivity contribution in [3.8, 4) is 0 Å². The fourth-order valence-corrected chi connectivity index (χ4v) is 3.92. The van der Waals surface area contributed by atoms with E-state index in [2.05, 4.69) is 63.8 Å². The molecule has 6 heteroatoms. The Labute approximate surface area is 128 Å². The quantitative estimate of drug-likeness (QED) is 0.840. The Morgan fingerprint density at radius 2 is 2.06 bits per heavy atom. The lowest BCUT2D eigenvalue weighted by atomic mass is 10.1. The third-order valence-electron chi connectivity index (χ3n) is 2.75. The highest BCUT2D eigenvalue weighted by Gasteiger charge is 2.21. The van der Waals surface area contributed by atoms with Crippen LogP contribution in [-0.2, 0) is 0 Å². The lowest BCUT2D eigenvalue weighted by molar-refractivity contribution is 0.499. The molecule has 0 aromatic carbocycles. The molecule has 2 rings (SSSR count). The van der Waals surface area contributed by atoms with Gasteiger partial charge in [0.05, 0.1) is 26.2 Å². The molecule has 1 atom stereocenters.